The van der Waals surface area contributed by atoms with E-state index >= 15 is 0 Å². The molecule has 2 N–H and O–H groups in total. The zero-order valence-corrected chi connectivity index (χ0v) is 12.4. The van der Waals surface area contributed by atoms with E-state index in [4.69, 9.17) is 0 Å². The summed E-state index contributed by atoms with van der Waals surface area (Å²) in [5, 5.41) is 13.3. The first kappa shape index (κ1) is 14.9. The molecule has 0 atom stereocenters. The number of nitrogens with zero attached hydrogens (tertiary/aromatic N) is 2. The number of aromatic nitrogens is 2. The molecule has 1 aliphatic carbocycles. The molecule has 2 rings (SSSR count). The Bertz CT molecular complexity index is 472. The van der Waals surface area contributed by atoms with E-state index in [1.807, 2.05) is 6.92 Å². The molecular weight excluding hydrogens is 254 g/mol. The standard InChI is InChI=1S/C15H23N3O2/c1-11-8-17-12(9-16-11)13(19)18-10-15(20)6-4-14(2,3)5-7-15/h8-9,20H,4-7,10H2,1-3H3,(H,18,19). The van der Waals surface area contributed by atoms with Gasteiger partial charge >= 0.3 is 0 Å². The predicted octanol–water partition coefficient (Wildman–Crippen LogP) is 1.85. The number of aliphatic hydroxyl groups is 1. The van der Waals surface area contributed by atoms with E-state index in [1.165, 1.54) is 6.20 Å². The summed E-state index contributed by atoms with van der Waals surface area (Å²) in [5.74, 6) is -0.282. The molecule has 20 heavy (non-hydrogen) atoms. The minimum atomic E-state index is -0.788. The van der Waals surface area contributed by atoms with Crippen molar-refractivity contribution >= 4 is 5.91 Å². The Morgan fingerprint density at radius 2 is 1.90 bits per heavy atom. The van der Waals surface area contributed by atoms with Crippen LogP contribution in [0.1, 0.15) is 55.7 Å². The molecule has 1 fully saturated rings. The number of carbonyl (C=O) groups is 1. The van der Waals surface area contributed by atoms with Crippen molar-refractivity contribution in [2.45, 2.75) is 52.1 Å². The lowest BCUT2D eigenvalue weighted by Crippen LogP contribution is -2.46. The molecule has 1 amide bonds. The highest BCUT2D eigenvalue weighted by molar-refractivity contribution is 5.91. The Hall–Kier alpha value is -1.49. The normalized spacial score (nSPS) is 20.4. The Kier molecular flexibility index (Phi) is 4.09. The number of aryl methyl sites for hydroxylation is 1. The lowest BCUT2D eigenvalue weighted by atomic mass is 9.71. The van der Waals surface area contributed by atoms with Crippen molar-refractivity contribution in [1.29, 1.82) is 0 Å². The largest absolute Gasteiger partial charge is 0.388 e. The second-order valence-corrected chi connectivity index (χ2v) is 6.61. The van der Waals surface area contributed by atoms with Crippen LogP contribution < -0.4 is 5.32 Å². The number of hydrogen-bond acceptors (Lipinski definition) is 4. The van der Waals surface area contributed by atoms with Gasteiger partial charge in [-0.1, -0.05) is 13.8 Å². The van der Waals surface area contributed by atoms with Gasteiger partial charge in [0, 0.05) is 12.7 Å². The van der Waals surface area contributed by atoms with Crippen molar-refractivity contribution in [2.24, 2.45) is 5.41 Å². The van der Waals surface area contributed by atoms with Gasteiger partial charge in [0.2, 0.25) is 0 Å². The lowest BCUT2D eigenvalue weighted by Gasteiger charge is -2.40. The topological polar surface area (TPSA) is 75.1 Å². The van der Waals surface area contributed by atoms with E-state index in [-0.39, 0.29) is 18.1 Å². The van der Waals surface area contributed by atoms with E-state index in [1.54, 1.807) is 6.20 Å². The van der Waals surface area contributed by atoms with Gasteiger partial charge in [0.05, 0.1) is 17.5 Å². The smallest absolute Gasteiger partial charge is 0.271 e. The van der Waals surface area contributed by atoms with Crippen molar-refractivity contribution in [1.82, 2.24) is 15.3 Å². The Labute approximate surface area is 119 Å². The van der Waals surface area contributed by atoms with Crippen LogP contribution in [0.4, 0.5) is 0 Å². The Balaban J connectivity index is 1.89. The van der Waals surface area contributed by atoms with E-state index in [0.29, 0.717) is 5.41 Å². The molecule has 5 nitrogen and oxygen atoms in total. The second kappa shape index (κ2) is 5.48. The van der Waals surface area contributed by atoms with Gasteiger partial charge in [-0.05, 0) is 38.0 Å². The molecule has 0 aromatic carbocycles. The van der Waals surface area contributed by atoms with Crippen LogP contribution in [0.3, 0.4) is 0 Å². The highest BCUT2D eigenvalue weighted by atomic mass is 16.3. The van der Waals surface area contributed by atoms with Crippen LogP contribution in [0, 0.1) is 12.3 Å². The van der Waals surface area contributed by atoms with Gasteiger partial charge in [0.1, 0.15) is 5.69 Å². The molecule has 1 aromatic rings. The third kappa shape index (κ3) is 3.76. The molecule has 0 radical (unpaired) electrons. The molecule has 110 valence electrons. The average molecular weight is 277 g/mol. The fourth-order valence-electron chi connectivity index (χ4n) is 2.41. The summed E-state index contributed by atoms with van der Waals surface area (Å²) in [4.78, 5) is 20.0. The van der Waals surface area contributed by atoms with Gasteiger partial charge in [-0.2, -0.15) is 0 Å². The van der Waals surface area contributed by atoms with Gasteiger partial charge in [-0.15, -0.1) is 0 Å². The minimum absolute atomic E-state index is 0.275. The van der Waals surface area contributed by atoms with E-state index in [2.05, 4.69) is 29.1 Å². The summed E-state index contributed by atoms with van der Waals surface area (Å²) in [6.07, 6.45) is 6.42. The third-order valence-electron chi connectivity index (χ3n) is 4.13. The molecule has 0 bridgehead atoms. The zero-order valence-electron chi connectivity index (χ0n) is 12.4. The highest BCUT2D eigenvalue weighted by Gasteiger charge is 2.36. The van der Waals surface area contributed by atoms with Crippen LogP contribution in [-0.4, -0.2) is 33.1 Å². The predicted molar refractivity (Wildman–Crippen MR) is 76.3 cm³/mol. The molecule has 1 heterocycles. The van der Waals surface area contributed by atoms with E-state index in [0.717, 1.165) is 31.4 Å². The number of hydrogen-bond donors (Lipinski definition) is 2. The second-order valence-electron chi connectivity index (χ2n) is 6.61. The molecule has 0 aliphatic heterocycles. The maximum Gasteiger partial charge on any atom is 0.271 e. The average Bonchev–Trinajstić information content (AvgIpc) is 2.41. The third-order valence-corrected chi connectivity index (χ3v) is 4.13. The summed E-state index contributed by atoms with van der Waals surface area (Å²) < 4.78 is 0. The SMILES string of the molecule is Cc1cnc(C(=O)NCC2(O)CCC(C)(C)CC2)cn1. The van der Waals surface area contributed by atoms with Crippen molar-refractivity contribution in [2.75, 3.05) is 6.54 Å². The molecule has 1 saturated carbocycles. The van der Waals surface area contributed by atoms with Crippen LogP contribution in [0.25, 0.3) is 0 Å². The van der Waals surface area contributed by atoms with Gasteiger partial charge < -0.3 is 10.4 Å². The Morgan fingerprint density at radius 1 is 1.25 bits per heavy atom. The summed E-state index contributed by atoms with van der Waals surface area (Å²) >= 11 is 0. The number of carbonyl (C=O) groups excluding carboxylic acids is 1. The van der Waals surface area contributed by atoms with Crippen LogP contribution in [0.2, 0.25) is 0 Å². The van der Waals surface area contributed by atoms with Crippen LogP contribution in [0.5, 0.6) is 0 Å². The quantitative estimate of drug-likeness (QED) is 0.884. The molecule has 1 aromatic heterocycles. The van der Waals surface area contributed by atoms with E-state index in [9.17, 15) is 9.90 Å². The van der Waals surface area contributed by atoms with E-state index < -0.39 is 5.60 Å². The molecule has 0 spiro atoms. The van der Waals surface area contributed by atoms with Crippen molar-refractivity contribution in [3.05, 3.63) is 23.8 Å². The maximum absolute atomic E-state index is 11.9. The molecule has 0 unspecified atom stereocenters. The highest BCUT2D eigenvalue weighted by Crippen LogP contribution is 2.39. The monoisotopic (exact) mass is 277 g/mol. The van der Waals surface area contributed by atoms with Crippen molar-refractivity contribution in [3.63, 3.8) is 0 Å². The Morgan fingerprint density at radius 3 is 2.45 bits per heavy atom. The first-order valence-corrected chi connectivity index (χ1v) is 7.09. The van der Waals surface area contributed by atoms with Gasteiger partial charge in [-0.3, -0.25) is 9.78 Å². The maximum atomic E-state index is 11.9. The van der Waals surface area contributed by atoms with Crippen LogP contribution in [-0.2, 0) is 0 Å². The lowest BCUT2D eigenvalue weighted by molar-refractivity contribution is -0.0233. The first-order valence-electron chi connectivity index (χ1n) is 7.09. The summed E-state index contributed by atoms with van der Waals surface area (Å²) in [7, 11) is 0. The molecule has 0 saturated heterocycles. The molecular formula is C15H23N3O2. The first-order chi connectivity index (χ1) is 9.30. The number of amides is 1. The summed E-state index contributed by atoms with van der Waals surface area (Å²) in [6, 6.07) is 0. The minimum Gasteiger partial charge on any atom is -0.388 e. The number of nitrogens with one attached hydrogen (secondary N) is 1. The van der Waals surface area contributed by atoms with Gasteiger partial charge in [0.15, 0.2) is 0 Å². The fraction of sp³-hybridized carbons (Fsp3) is 0.667. The van der Waals surface area contributed by atoms with Crippen molar-refractivity contribution < 1.29 is 9.90 Å². The van der Waals surface area contributed by atoms with Crippen LogP contribution in [0.15, 0.2) is 12.4 Å². The van der Waals surface area contributed by atoms with Gasteiger partial charge in [0.25, 0.3) is 5.91 Å². The van der Waals surface area contributed by atoms with Crippen molar-refractivity contribution in [3.8, 4) is 0 Å². The molecule has 1 aliphatic rings. The molecule has 5 heteroatoms. The summed E-state index contributed by atoms with van der Waals surface area (Å²) in [5.41, 5.74) is 0.562. The fourth-order valence-corrected chi connectivity index (χ4v) is 2.41. The van der Waals surface area contributed by atoms with Gasteiger partial charge in [-0.25, -0.2) is 4.98 Å². The number of rotatable bonds is 3. The summed E-state index contributed by atoms with van der Waals surface area (Å²) in [6.45, 7) is 6.53. The zero-order chi connectivity index (χ0) is 14.8. The van der Waals surface area contributed by atoms with Crippen LogP contribution >= 0.6 is 0 Å².